The first-order valence-electron chi connectivity index (χ1n) is 7.39. The van der Waals surface area contributed by atoms with Crippen LogP contribution in [0.1, 0.15) is 44.7 Å². The lowest BCUT2D eigenvalue weighted by Gasteiger charge is -2.19. The summed E-state index contributed by atoms with van der Waals surface area (Å²) < 4.78 is 0. The summed E-state index contributed by atoms with van der Waals surface area (Å²) in [6, 6.07) is 8.75. The van der Waals surface area contributed by atoms with Crippen molar-refractivity contribution in [1.29, 1.82) is 0 Å². The van der Waals surface area contributed by atoms with Gasteiger partial charge in [-0.2, -0.15) is 0 Å². The Labute approximate surface area is 126 Å². The first kappa shape index (κ1) is 15.4. The van der Waals surface area contributed by atoms with Gasteiger partial charge in [0.2, 0.25) is 5.91 Å². The molecule has 0 unspecified atom stereocenters. The Bertz CT molecular complexity index is 443. The molecule has 0 atom stereocenters. The van der Waals surface area contributed by atoms with Gasteiger partial charge in [-0.15, -0.1) is 11.8 Å². The number of thioether (sulfide) groups is 1. The van der Waals surface area contributed by atoms with Crippen molar-refractivity contribution in [2.24, 2.45) is 5.92 Å². The number of rotatable bonds is 6. The summed E-state index contributed by atoms with van der Waals surface area (Å²) in [5, 5.41) is 3.00. The van der Waals surface area contributed by atoms with E-state index in [9.17, 15) is 4.79 Å². The van der Waals surface area contributed by atoms with Crippen molar-refractivity contribution in [3.8, 4) is 0 Å². The topological polar surface area (TPSA) is 29.1 Å². The Morgan fingerprint density at radius 3 is 2.45 bits per heavy atom. The predicted octanol–water partition coefficient (Wildman–Crippen LogP) is 3.74. The van der Waals surface area contributed by atoms with Crippen LogP contribution in [0.15, 0.2) is 24.3 Å². The monoisotopic (exact) mass is 291 g/mol. The second-order valence-corrected chi connectivity index (χ2v) is 7.67. The van der Waals surface area contributed by atoms with Crippen molar-refractivity contribution in [2.75, 3.05) is 12.3 Å². The molecule has 1 aromatic rings. The second-order valence-electron chi connectivity index (χ2n) is 6.69. The molecule has 110 valence electrons. The number of nitrogens with one attached hydrogen (secondary N) is 1. The Hall–Kier alpha value is -0.960. The summed E-state index contributed by atoms with van der Waals surface area (Å²) in [7, 11) is 0. The highest BCUT2D eigenvalue weighted by Crippen LogP contribution is 2.27. The Morgan fingerprint density at radius 2 is 1.90 bits per heavy atom. The third kappa shape index (κ3) is 5.20. The third-order valence-corrected chi connectivity index (χ3v) is 4.61. The van der Waals surface area contributed by atoms with Gasteiger partial charge in [-0.05, 0) is 35.3 Å². The van der Waals surface area contributed by atoms with Gasteiger partial charge in [0.05, 0.1) is 5.75 Å². The van der Waals surface area contributed by atoms with E-state index in [1.54, 1.807) is 11.8 Å². The van der Waals surface area contributed by atoms with Crippen molar-refractivity contribution >= 4 is 17.7 Å². The van der Waals surface area contributed by atoms with Crippen LogP contribution >= 0.6 is 11.8 Å². The molecule has 1 N–H and O–H groups in total. The van der Waals surface area contributed by atoms with E-state index in [-0.39, 0.29) is 11.3 Å². The molecule has 0 saturated heterocycles. The predicted molar refractivity (Wildman–Crippen MR) is 87.0 cm³/mol. The molecule has 1 aliphatic carbocycles. The summed E-state index contributed by atoms with van der Waals surface area (Å²) in [5.74, 6) is 2.40. The number of carbonyl (C=O) groups excluding carboxylic acids is 1. The van der Waals surface area contributed by atoms with E-state index in [4.69, 9.17) is 0 Å². The fourth-order valence-corrected chi connectivity index (χ4v) is 2.81. The highest BCUT2D eigenvalue weighted by Gasteiger charge is 2.21. The highest BCUT2D eigenvalue weighted by atomic mass is 32.2. The first-order valence-corrected chi connectivity index (χ1v) is 8.54. The van der Waals surface area contributed by atoms with Crippen LogP contribution in [0.2, 0.25) is 0 Å². The lowest BCUT2D eigenvalue weighted by Crippen LogP contribution is -2.27. The fourth-order valence-electron chi connectivity index (χ4n) is 1.99. The smallest absolute Gasteiger partial charge is 0.230 e. The van der Waals surface area contributed by atoms with Crippen LogP contribution in [0.5, 0.6) is 0 Å². The molecule has 2 rings (SSSR count). The van der Waals surface area contributed by atoms with E-state index < -0.39 is 0 Å². The van der Waals surface area contributed by atoms with E-state index >= 15 is 0 Å². The van der Waals surface area contributed by atoms with Gasteiger partial charge in [0.25, 0.3) is 0 Å². The summed E-state index contributed by atoms with van der Waals surface area (Å²) in [6.07, 6.45) is 2.57. The number of hydrogen-bond donors (Lipinski definition) is 1. The molecular formula is C17H25NOS. The van der Waals surface area contributed by atoms with Gasteiger partial charge in [0, 0.05) is 12.3 Å². The average molecular weight is 291 g/mol. The maximum absolute atomic E-state index is 11.6. The Kier molecular flexibility index (Phi) is 5.14. The summed E-state index contributed by atoms with van der Waals surface area (Å²) >= 11 is 1.69. The SMILES string of the molecule is CC(C)(C)c1ccc(CSCC(=O)NCC2CC2)cc1. The van der Waals surface area contributed by atoms with Crippen molar-refractivity contribution in [3.05, 3.63) is 35.4 Å². The molecule has 0 aliphatic heterocycles. The molecule has 3 heteroatoms. The highest BCUT2D eigenvalue weighted by molar-refractivity contribution is 7.99. The zero-order valence-corrected chi connectivity index (χ0v) is 13.6. The molecule has 0 radical (unpaired) electrons. The van der Waals surface area contributed by atoms with Gasteiger partial charge in [0.15, 0.2) is 0 Å². The quantitative estimate of drug-likeness (QED) is 0.865. The molecule has 1 amide bonds. The summed E-state index contributed by atoms with van der Waals surface area (Å²) in [5.41, 5.74) is 2.85. The zero-order valence-electron chi connectivity index (χ0n) is 12.7. The van der Waals surface area contributed by atoms with Crippen LogP contribution in [0.4, 0.5) is 0 Å². The lowest BCUT2D eigenvalue weighted by molar-refractivity contribution is -0.118. The van der Waals surface area contributed by atoms with E-state index in [0.717, 1.165) is 18.2 Å². The lowest BCUT2D eigenvalue weighted by atomic mass is 9.87. The molecule has 1 saturated carbocycles. The molecule has 0 spiro atoms. The van der Waals surface area contributed by atoms with Crippen LogP contribution in [0.25, 0.3) is 0 Å². The molecule has 0 aromatic heterocycles. The summed E-state index contributed by atoms with van der Waals surface area (Å²) in [6.45, 7) is 7.54. The van der Waals surface area contributed by atoms with E-state index in [1.807, 2.05) is 0 Å². The fraction of sp³-hybridized carbons (Fsp3) is 0.588. The minimum absolute atomic E-state index is 0.174. The van der Waals surface area contributed by atoms with Crippen molar-refractivity contribution in [1.82, 2.24) is 5.32 Å². The van der Waals surface area contributed by atoms with Gasteiger partial charge in [-0.3, -0.25) is 4.79 Å². The second kappa shape index (κ2) is 6.66. The molecule has 20 heavy (non-hydrogen) atoms. The molecule has 1 aromatic carbocycles. The van der Waals surface area contributed by atoms with E-state index in [0.29, 0.717) is 5.75 Å². The van der Waals surface area contributed by atoms with E-state index in [2.05, 4.69) is 50.4 Å². The third-order valence-electron chi connectivity index (χ3n) is 3.61. The van der Waals surface area contributed by atoms with Gasteiger partial charge in [0.1, 0.15) is 0 Å². The number of hydrogen-bond acceptors (Lipinski definition) is 2. The maximum Gasteiger partial charge on any atom is 0.230 e. The van der Waals surface area contributed by atoms with Crippen molar-refractivity contribution in [3.63, 3.8) is 0 Å². The normalized spacial score (nSPS) is 15.2. The van der Waals surface area contributed by atoms with Crippen LogP contribution in [0, 0.1) is 5.92 Å². The Balaban J connectivity index is 1.69. The molecule has 1 aliphatic rings. The van der Waals surface area contributed by atoms with Crippen molar-refractivity contribution in [2.45, 2.75) is 44.8 Å². The van der Waals surface area contributed by atoms with E-state index in [1.165, 1.54) is 24.0 Å². The van der Waals surface area contributed by atoms with Gasteiger partial charge < -0.3 is 5.32 Å². The van der Waals surface area contributed by atoms with Crippen LogP contribution in [0.3, 0.4) is 0 Å². The molecule has 0 bridgehead atoms. The maximum atomic E-state index is 11.6. The molecule has 2 nitrogen and oxygen atoms in total. The average Bonchev–Trinajstić information content (AvgIpc) is 3.20. The largest absolute Gasteiger partial charge is 0.355 e. The minimum atomic E-state index is 0.174. The molecule has 1 fully saturated rings. The van der Waals surface area contributed by atoms with Crippen LogP contribution < -0.4 is 5.32 Å². The van der Waals surface area contributed by atoms with Crippen LogP contribution in [-0.4, -0.2) is 18.2 Å². The van der Waals surface area contributed by atoms with Gasteiger partial charge in [-0.1, -0.05) is 45.0 Å². The first-order chi connectivity index (χ1) is 9.45. The number of carbonyl (C=O) groups is 1. The van der Waals surface area contributed by atoms with Crippen LogP contribution in [-0.2, 0) is 16.0 Å². The van der Waals surface area contributed by atoms with Gasteiger partial charge in [-0.25, -0.2) is 0 Å². The number of benzene rings is 1. The number of amides is 1. The molecule has 0 heterocycles. The molecular weight excluding hydrogens is 266 g/mol. The minimum Gasteiger partial charge on any atom is -0.355 e. The Morgan fingerprint density at radius 1 is 1.25 bits per heavy atom. The van der Waals surface area contributed by atoms with Gasteiger partial charge >= 0.3 is 0 Å². The standard InChI is InChI=1S/C17H25NOS/c1-17(2,3)15-8-6-14(7-9-15)11-20-12-16(19)18-10-13-4-5-13/h6-9,13H,4-5,10-12H2,1-3H3,(H,18,19). The zero-order chi connectivity index (χ0) is 14.6. The van der Waals surface area contributed by atoms with Crippen molar-refractivity contribution < 1.29 is 4.79 Å². The summed E-state index contributed by atoms with van der Waals surface area (Å²) in [4.78, 5) is 11.6.